The quantitative estimate of drug-likeness (QED) is 0.754. The van der Waals surface area contributed by atoms with Crippen molar-refractivity contribution in [1.82, 2.24) is 10.6 Å². The fraction of sp³-hybridized carbons (Fsp3) is 0.429. The minimum absolute atomic E-state index is 0.306. The van der Waals surface area contributed by atoms with Crippen molar-refractivity contribution in [3.8, 4) is 0 Å². The number of hydrogen-bond acceptors (Lipinski definition) is 3. The summed E-state index contributed by atoms with van der Waals surface area (Å²) in [4.78, 5) is 23.0. The Bertz CT molecular complexity index is 458. The number of carbonyl (C=O) groups is 2. The lowest BCUT2D eigenvalue weighted by atomic mass is 10.1. The maximum atomic E-state index is 11.8. The smallest absolute Gasteiger partial charge is 0.330 e. The number of amides is 2. The molecule has 0 spiro atoms. The van der Waals surface area contributed by atoms with Crippen LogP contribution in [0.5, 0.6) is 0 Å². The van der Waals surface area contributed by atoms with Gasteiger partial charge in [-0.1, -0.05) is 30.3 Å². The lowest BCUT2D eigenvalue weighted by Crippen LogP contribution is -2.42. The molecule has 6 heteroatoms. The Hall–Kier alpha value is -2.08. The van der Waals surface area contributed by atoms with Gasteiger partial charge < -0.3 is 20.5 Å². The molecule has 2 amide bonds. The zero-order valence-electron chi connectivity index (χ0n) is 11.0. The normalized spacial score (nSPS) is 19.3. The molecule has 1 fully saturated rings. The summed E-state index contributed by atoms with van der Waals surface area (Å²) in [6, 6.07) is 7.09. The van der Waals surface area contributed by atoms with Crippen LogP contribution in [-0.2, 0) is 9.53 Å². The lowest BCUT2D eigenvalue weighted by Gasteiger charge is -2.16. The third-order valence-corrected chi connectivity index (χ3v) is 3.23. The lowest BCUT2D eigenvalue weighted by molar-refractivity contribution is -0.139. The molecular weight excluding hydrogens is 260 g/mol. The van der Waals surface area contributed by atoms with Gasteiger partial charge in [0.05, 0.1) is 6.61 Å². The number of ether oxygens (including phenoxy) is 1. The highest BCUT2D eigenvalue weighted by Crippen LogP contribution is 2.13. The van der Waals surface area contributed by atoms with Gasteiger partial charge in [0.15, 0.2) is 6.04 Å². The first-order chi connectivity index (χ1) is 9.66. The molecule has 0 aromatic heterocycles. The van der Waals surface area contributed by atoms with Crippen LogP contribution in [0, 0.1) is 5.92 Å². The molecule has 108 valence electrons. The van der Waals surface area contributed by atoms with Gasteiger partial charge in [-0.2, -0.15) is 0 Å². The summed E-state index contributed by atoms with van der Waals surface area (Å²) >= 11 is 0. The second kappa shape index (κ2) is 6.91. The SMILES string of the molecule is O=C(NCC1CCOC1)N[C@H](C(=O)O)c1ccccc1. The molecule has 2 rings (SSSR count). The van der Waals surface area contributed by atoms with E-state index in [2.05, 4.69) is 10.6 Å². The van der Waals surface area contributed by atoms with Crippen molar-refractivity contribution in [2.75, 3.05) is 19.8 Å². The molecule has 0 bridgehead atoms. The molecule has 1 heterocycles. The van der Waals surface area contributed by atoms with Gasteiger partial charge in [0.25, 0.3) is 0 Å². The second-order valence-corrected chi connectivity index (χ2v) is 4.77. The number of carboxylic acids is 1. The summed E-state index contributed by atoms with van der Waals surface area (Å²) in [6.07, 6.45) is 0.918. The number of benzene rings is 1. The summed E-state index contributed by atoms with van der Waals surface area (Å²) in [5.41, 5.74) is 0.541. The van der Waals surface area contributed by atoms with Gasteiger partial charge in [-0.3, -0.25) is 0 Å². The first kappa shape index (κ1) is 14.3. The molecule has 1 aliphatic heterocycles. The van der Waals surface area contributed by atoms with Gasteiger partial charge in [-0.05, 0) is 12.0 Å². The van der Waals surface area contributed by atoms with Crippen LogP contribution >= 0.6 is 0 Å². The van der Waals surface area contributed by atoms with E-state index in [1.54, 1.807) is 30.3 Å². The Labute approximate surface area is 117 Å². The van der Waals surface area contributed by atoms with Crippen LogP contribution < -0.4 is 10.6 Å². The van der Waals surface area contributed by atoms with Crippen LogP contribution in [0.3, 0.4) is 0 Å². The van der Waals surface area contributed by atoms with E-state index in [-0.39, 0.29) is 0 Å². The third-order valence-electron chi connectivity index (χ3n) is 3.23. The fourth-order valence-corrected chi connectivity index (χ4v) is 2.10. The van der Waals surface area contributed by atoms with Crippen molar-refractivity contribution in [3.05, 3.63) is 35.9 Å². The number of urea groups is 1. The highest BCUT2D eigenvalue weighted by atomic mass is 16.5. The van der Waals surface area contributed by atoms with E-state index in [0.717, 1.165) is 13.0 Å². The molecule has 0 saturated carbocycles. The van der Waals surface area contributed by atoms with Crippen LogP contribution in [0.25, 0.3) is 0 Å². The van der Waals surface area contributed by atoms with Gasteiger partial charge in [0.2, 0.25) is 0 Å². The molecule has 1 aromatic carbocycles. The Balaban J connectivity index is 1.87. The van der Waals surface area contributed by atoms with Crippen molar-refractivity contribution >= 4 is 12.0 Å². The minimum Gasteiger partial charge on any atom is -0.479 e. The summed E-state index contributed by atoms with van der Waals surface area (Å²) < 4.78 is 5.21. The molecule has 0 aliphatic carbocycles. The Morgan fingerprint density at radius 3 is 2.70 bits per heavy atom. The molecule has 1 unspecified atom stereocenters. The summed E-state index contributed by atoms with van der Waals surface area (Å²) in [5, 5.41) is 14.3. The average molecular weight is 278 g/mol. The van der Waals surface area contributed by atoms with E-state index in [1.165, 1.54) is 0 Å². The van der Waals surface area contributed by atoms with Gasteiger partial charge in [-0.25, -0.2) is 9.59 Å². The Kier molecular flexibility index (Phi) is 4.95. The predicted molar refractivity (Wildman–Crippen MR) is 72.3 cm³/mol. The number of nitrogens with one attached hydrogen (secondary N) is 2. The van der Waals surface area contributed by atoms with Crippen molar-refractivity contribution in [3.63, 3.8) is 0 Å². The zero-order chi connectivity index (χ0) is 14.4. The molecule has 2 atom stereocenters. The molecule has 3 N–H and O–H groups in total. The minimum atomic E-state index is -1.09. The number of carbonyl (C=O) groups excluding carboxylic acids is 1. The number of carboxylic acid groups (broad SMARTS) is 1. The first-order valence-corrected chi connectivity index (χ1v) is 6.56. The van der Waals surface area contributed by atoms with Crippen molar-refractivity contribution in [1.29, 1.82) is 0 Å². The van der Waals surface area contributed by atoms with Crippen LogP contribution in [0.1, 0.15) is 18.0 Å². The van der Waals surface area contributed by atoms with E-state index < -0.39 is 18.0 Å². The van der Waals surface area contributed by atoms with Gasteiger partial charge in [-0.15, -0.1) is 0 Å². The Morgan fingerprint density at radius 1 is 1.35 bits per heavy atom. The largest absolute Gasteiger partial charge is 0.479 e. The maximum absolute atomic E-state index is 11.8. The molecule has 1 aromatic rings. The van der Waals surface area contributed by atoms with E-state index in [1.807, 2.05) is 0 Å². The first-order valence-electron chi connectivity index (χ1n) is 6.56. The number of rotatable bonds is 5. The summed E-state index contributed by atoms with van der Waals surface area (Å²) in [6.45, 7) is 1.85. The second-order valence-electron chi connectivity index (χ2n) is 4.77. The van der Waals surface area contributed by atoms with Crippen LogP contribution in [-0.4, -0.2) is 36.9 Å². The molecule has 1 saturated heterocycles. The molecule has 20 heavy (non-hydrogen) atoms. The van der Waals surface area contributed by atoms with Crippen molar-refractivity contribution in [2.45, 2.75) is 12.5 Å². The van der Waals surface area contributed by atoms with Crippen molar-refractivity contribution < 1.29 is 19.4 Å². The summed E-state index contributed by atoms with van der Waals surface area (Å²) in [7, 11) is 0. The number of hydrogen-bond donors (Lipinski definition) is 3. The zero-order valence-corrected chi connectivity index (χ0v) is 11.0. The standard InChI is InChI=1S/C14H18N2O4/c17-13(18)12(11-4-2-1-3-5-11)16-14(19)15-8-10-6-7-20-9-10/h1-5,10,12H,6-9H2,(H,17,18)(H2,15,16,19)/t10?,12-/m0/s1. The van der Waals surface area contributed by atoms with E-state index in [4.69, 9.17) is 4.74 Å². The average Bonchev–Trinajstić information content (AvgIpc) is 2.96. The molecule has 6 nitrogen and oxygen atoms in total. The monoisotopic (exact) mass is 278 g/mol. The van der Waals surface area contributed by atoms with Crippen LogP contribution in [0.2, 0.25) is 0 Å². The number of aliphatic carboxylic acids is 1. The van der Waals surface area contributed by atoms with Gasteiger partial charge >= 0.3 is 12.0 Å². The van der Waals surface area contributed by atoms with Gasteiger partial charge in [0.1, 0.15) is 0 Å². The topological polar surface area (TPSA) is 87.7 Å². The molecular formula is C14H18N2O4. The van der Waals surface area contributed by atoms with E-state index >= 15 is 0 Å². The predicted octanol–water partition coefficient (Wildman–Crippen LogP) is 1.15. The van der Waals surface area contributed by atoms with Crippen LogP contribution in [0.15, 0.2) is 30.3 Å². The molecule has 0 radical (unpaired) electrons. The van der Waals surface area contributed by atoms with Gasteiger partial charge in [0, 0.05) is 19.1 Å². The van der Waals surface area contributed by atoms with E-state index in [9.17, 15) is 14.7 Å². The summed E-state index contributed by atoms with van der Waals surface area (Å²) in [5.74, 6) is -0.781. The Morgan fingerprint density at radius 2 is 2.10 bits per heavy atom. The highest BCUT2D eigenvalue weighted by Gasteiger charge is 2.22. The maximum Gasteiger partial charge on any atom is 0.330 e. The fourth-order valence-electron chi connectivity index (χ4n) is 2.10. The van der Waals surface area contributed by atoms with E-state index in [0.29, 0.717) is 24.6 Å². The third kappa shape index (κ3) is 3.96. The molecule has 1 aliphatic rings. The van der Waals surface area contributed by atoms with Crippen molar-refractivity contribution in [2.24, 2.45) is 5.92 Å². The van der Waals surface area contributed by atoms with Crippen LogP contribution in [0.4, 0.5) is 4.79 Å². The highest BCUT2D eigenvalue weighted by molar-refractivity contribution is 5.83.